The average Bonchev–Trinajstić information content (AvgIpc) is 2.66. The quantitative estimate of drug-likeness (QED) is 0.448. The van der Waals surface area contributed by atoms with Gasteiger partial charge in [0.1, 0.15) is 18.5 Å². The zero-order valence-electron chi connectivity index (χ0n) is 13.8. The Hall–Kier alpha value is -2.47. The molecule has 0 unspecified atom stereocenters. The maximum Gasteiger partial charge on any atom is 0.319 e. The molecule has 0 amide bonds. The van der Waals surface area contributed by atoms with Gasteiger partial charge in [0.2, 0.25) is 0 Å². The largest absolute Gasteiger partial charge is 0.486 e. The summed E-state index contributed by atoms with van der Waals surface area (Å²) in [5.74, 6) is 0.464. The standard InChI is InChI=1S/C19H18O5S/c1-13(25-15-5-3-2-4-6-15)19(21)24-12-16(20)14-7-8-17-18(11-14)23-10-9-22-17/h2-8,11,13H,9-10,12H2,1H3/t13-/m0/s1. The third-order valence-electron chi connectivity index (χ3n) is 3.60. The molecule has 3 rings (SSSR count). The molecule has 0 bridgehead atoms. The summed E-state index contributed by atoms with van der Waals surface area (Å²) < 4.78 is 16.0. The number of rotatable bonds is 6. The van der Waals surface area contributed by atoms with E-state index in [9.17, 15) is 9.59 Å². The summed E-state index contributed by atoms with van der Waals surface area (Å²) in [7, 11) is 0. The molecule has 0 N–H and O–H groups in total. The van der Waals surface area contributed by atoms with Gasteiger partial charge in [0.15, 0.2) is 23.9 Å². The van der Waals surface area contributed by atoms with E-state index in [-0.39, 0.29) is 12.4 Å². The Labute approximate surface area is 150 Å². The van der Waals surface area contributed by atoms with Gasteiger partial charge in [0.25, 0.3) is 0 Å². The summed E-state index contributed by atoms with van der Waals surface area (Å²) in [6, 6.07) is 14.5. The highest BCUT2D eigenvalue weighted by molar-refractivity contribution is 8.00. The molecule has 0 saturated heterocycles. The third-order valence-corrected chi connectivity index (χ3v) is 4.69. The van der Waals surface area contributed by atoms with E-state index < -0.39 is 11.2 Å². The van der Waals surface area contributed by atoms with E-state index in [0.29, 0.717) is 30.3 Å². The Balaban J connectivity index is 1.54. The van der Waals surface area contributed by atoms with Gasteiger partial charge in [0, 0.05) is 10.5 Å². The van der Waals surface area contributed by atoms with Gasteiger partial charge in [-0.15, -0.1) is 11.8 Å². The molecule has 1 aliphatic heterocycles. The predicted octanol–water partition coefficient (Wildman–Crippen LogP) is 3.36. The summed E-state index contributed by atoms with van der Waals surface area (Å²) in [6.45, 7) is 2.41. The van der Waals surface area contributed by atoms with Crippen molar-refractivity contribution in [2.75, 3.05) is 19.8 Å². The van der Waals surface area contributed by atoms with Gasteiger partial charge in [-0.1, -0.05) is 18.2 Å². The molecule has 130 valence electrons. The van der Waals surface area contributed by atoms with E-state index in [1.54, 1.807) is 25.1 Å². The highest BCUT2D eigenvalue weighted by atomic mass is 32.2. The molecule has 1 atom stereocenters. The topological polar surface area (TPSA) is 61.8 Å². The van der Waals surface area contributed by atoms with Gasteiger partial charge in [0.05, 0.1) is 0 Å². The molecule has 0 aliphatic carbocycles. The van der Waals surface area contributed by atoms with Gasteiger partial charge >= 0.3 is 5.97 Å². The van der Waals surface area contributed by atoms with Gasteiger partial charge in [-0.3, -0.25) is 9.59 Å². The second-order valence-electron chi connectivity index (χ2n) is 5.46. The maximum absolute atomic E-state index is 12.2. The van der Waals surface area contributed by atoms with Crippen LogP contribution in [-0.4, -0.2) is 36.8 Å². The van der Waals surface area contributed by atoms with Crippen LogP contribution in [0.3, 0.4) is 0 Å². The molecule has 0 saturated carbocycles. The number of Topliss-reactive ketones (excluding diaryl/α,β-unsaturated/α-hetero) is 1. The minimum Gasteiger partial charge on any atom is -0.486 e. The number of benzene rings is 2. The van der Waals surface area contributed by atoms with Crippen LogP contribution in [0.4, 0.5) is 0 Å². The molecular formula is C19H18O5S. The first-order valence-electron chi connectivity index (χ1n) is 7.94. The van der Waals surface area contributed by atoms with Crippen molar-refractivity contribution in [3.05, 3.63) is 54.1 Å². The molecule has 0 aromatic heterocycles. The third kappa shape index (κ3) is 4.54. The number of esters is 1. The summed E-state index contributed by atoms with van der Waals surface area (Å²) in [4.78, 5) is 25.3. The lowest BCUT2D eigenvalue weighted by molar-refractivity contribution is -0.141. The van der Waals surface area contributed by atoms with Crippen LogP contribution in [0, 0.1) is 0 Å². The molecule has 2 aromatic rings. The summed E-state index contributed by atoms with van der Waals surface area (Å²) in [6.07, 6.45) is 0. The van der Waals surface area contributed by atoms with Crippen molar-refractivity contribution < 1.29 is 23.8 Å². The van der Waals surface area contributed by atoms with Crippen molar-refractivity contribution >= 4 is 23.5 Å². The zero-order valence-corrected chi connectivity index (χ0v) is 14.6. The Morgan fingerprint density at radius 1 is 1.08 bits per heavy atom. The number of hydrogen-bond donors (Lipinski definition) is 0. The Bertz CT molecular complexity index is 760. The van der Waals surface area contributed by atoms with E-state index in [0.717, 1.165) is 4.90 Å². The van der Waals surface area contributed by atoms with Crippen LogP contribution in [0.5, 0.6) is 11.5 Å². The van der Waals surface area contributed by atoms with E-state index in [2.05, 4.69) is 0 Å². The van der Waals surface area contributed by atoms with Crippen molar-refractivity contribution in [2.45, 2.75) is 17.1 Å². The zero-order chi connectivity index (χ0) is 17.6. The van der Waals surface area contributed by atoms with E-state index in [1.807, 2.05) is 30.3 Å². The van der Waals surface area contributed by atoms with Crippen molar-refractivity contribution in [2.24, 2.45) is 0 Å². The van der Waals surface area contributed by atoms with Crippen LogP contribution in [0.15, 0.2) is 53.4 Å². The summed E-state index contributed by atoms with van der Waals surface area (Å²) in [5, 5.41) is -0.393. The van der Waals surface area contributed by atoms with Gasteiger partial charge in [-0.05, 0) is 37.3 Å². The Morgan fingerprint density at radius 2 is 1.80 bits per heavy atom. The first-order valence-corrected chi connectivity index (χ1v) is 8.82. The molecule has 0 fully saturated rings. The maximum atomic E-state index is 12.2. The first kappa shape index (κ1) is 17.4. The molecular weight excluding hydrogens is 340 g/mol. The van der Waals surface area contributed by atoms with Crippen LogP contribution in [-0.2, 0) is 9.53 Å². The molecule has 6 heteroatoms. The Morgan fingerprint density at radius 3 is 2.56 bits per heavy atom. The number of hydrogen-bond acceptors (Lipinski definition) is 6. The first-order chi connectivity index (χ1) is 12.1. The SMILES string of the molecule is C[C@H](Sc1ccccc1)C(=O)OCC(=O)c1ccc2c(c1)OCCO2. The second-order valence-corrected chi connectivity index (χ2v) is 6.88. The van der Waals surface area contributed by atoms with Crippen LogP contribution < -0.4 is 9.47 Å². The molecule has 2 aromatic carbocycles. The number of ketones is 1. The fourth-order valence-electron chi connectivity index (χ4n) is 2.31. The van der Waals surface area contributed by atoms with Crippen molar-refractivity contribution in [1.82, 2.24) is 0 Å². The molecule has 5 nitrogen and oxygen atoms in total. The van der Waals surface area contributed by atoms with Crippen LogP contribution in [0.2, 0.25) is 0 Å². The van der Waals surface area contributed by atoms with Gasteiger partial charge in [-0.2, -0.15) is 0 Å². The van der Waals surface area contributed by atoms with Crippen LogP contribution in [0.25, 0.3) is 0 Å². The molecule has 0 radical (unpaired) electrons. The smallest absolute Gasteiger partial charge is 0.319 e. The van der Waals surface area contributed by atoms with Crippen LogP contribution in [0.1, 0.15) is 17.3 Å². The molecule has 1 heterocycles. The van der Waals surface area contributed by atoms with Gasteiger partial charge in [-0.25, -0.2) is 0 Å². The fourth-order valence-corrected chi connectivity index (χ4v) is 3.19. The highest BCUT2D eigenvalue weighted by Crippen LogP contribution is 2.31. The number of ether oxygens (including phenoxy) is 3. The van der Waals surface area contributed by atoms with Crippen molar-refractivity contribution in [3.63, 3.8) is 0 Å². The summed E-state index contributed by atoms with van der Waals surface area (Å²) in [5.41, 5.74) is 0.431. The summed E-state index contributed by atoms with van der Waals surface area (Å²) >= 11 is 1.40. The normalized spacial score (nSPS) is 13.8. The van der Waals surface area contributed by atoms with Crippen molar-refractivity contribution in [1.29, 1.82) is 0 Å². The molecule has 1 aliphatic rings. The lowest BCUT2D eigenvalue weighted by atomic mass is 10.1. The molecule has 0 spiro atoms. The monoisotopic (exact) mass is 358 g/mol. The number of fused-ring (bicyclic) bond motifs is 1. The highest BCUT2D eigenvalue weighted by Gasteiger charge is 2.19. The van der Waals surface area contributed by atoms with Crippen LogP contribution >= 0.6 is 11.8 Å². The fraction of sp³-hybridized carbons (Fsp3) is 0.263. The lowest BCUT2D eigenvalue weighted by Crippen LogP contribution is -2.21. The Kier molecular flexibility index (Phi) is 5.60. The number of thioether (sulfide) groups is 1. The lowest BCUT2D eigenvalue weighted by Gasteiger charge is -2.18. The average molecular weight is 358 g/mol. The van der Waals surface area contributed by atoms with Crippen molar-refractivity contribution in [3.8, 4) is 11.5 Å². The predicted molar refractivity (Wildman–Crippen MR) is 94.5 cm³/mol. The minimum absolute atomic E-state index is 0.276. The second kappa shape index (κ2) is 8.07. The van der Waals surface area contributed by atoms with E-state index >= 15 is 0 Å². The van der Waals surface area contributed by atoms with E-state index in [1.165, 1.54) is 11.8 Å². The minimum atomic E-state index is -0.417. The van der Waals surface area contributed by atoms with E-state index in [4.69, 9.17) is 14.2 Å². The number of carbonyl (C=O) groups is 2. The van der Waals surface area contributed by atoms with Gasteiger partial charge < -0.3 is 14.2 Å². The number of carbonyl (C=O) groups excluding carboxylic acids is 2. The molecule has 25 heavy (non-hydrogen) atoms.